The highest BCUT2D eigenvalue weighted by Gasteiger charge is 2.14. The summed E-state index contributed by atoms with van der Waals surface area (Å²) in [6.07, 6.45) is 0. The third kappa shape index (κ3) is 2.91. The number of carbonyl (C=O) groups excluding carboxylic acids is 2. The Balaban J connectivity index is 2.69. The molecule has 16 heavy (non-hydrogen) atoms. The lowest BCUT2D eigenvalue weighted by Gasteiger charge is -2.04. The van der Waals surface area contributed by atoms with Crippen molar-refractivity contribution in [3.63, 3.8) is 0 Å². The van der Waals surface area contributed by atoms with Crippen molar-refractivity contribution in [3.8, 4) is 0 Å². The van der Waals surface area contributed by atoms with Crippen molar-refractivity contribution in [2.75, 3.05) is 7.11 Å². The van der Waals surface area contributed by atoms with E-state index in [2.05, 4.69) is 16.1 Å². The molecule has 0 fully saturated rings. The molecule has 0 heterocycles. The molecule has 0 unspecified atom stereocenters. The van der Waals surface area contributed by atoms with Crippen LogP contribution in [0, 0.1) is 5.82 Å². The van der Waals surface area contributed by atoms with Crippen LogP contribution in [-0.2, 0) is 14.3 Å². The van der Waals surface area contributed by atoms with Crippen LogP contribution in [0.5, 0.6) is 0 Å². The van der Waals surface area contributed by atoms with E-state index >= 15 is 0 Å². The van der Waals surface area contributed by atoms with E-state index in [1.165, 1.54) is 12.1 Å². The van der Waals surface area contributed by atoms with Gasteiger partial charge in [-0.2, -0.15) is 0 Å². The summed E-state index contributed by atoms with van der Waals surface area (Å²) in [5, 5.41) is 0. The van der Waals surface area contributed by atoms with Gasteiger partial charge in [-0.1, -0.05) is 0 Å². The maximum Gasteiger partial charge on any atom is 0.373 e. The molecule has 0 amide bonds. The molecule has 0 aliphatic carbocycles. The molecule has 0 bridgehead atoms. The number of ether oxygens (including phenoxy) is 2. The van der Waals surface area contributed by atoms with Crippen LogP contribution >= 0.6 is 0 Å². The molecule has 0 atom stereocenters. The highest BCUT2D eigenvalue weighted by Crippen LogP contribution is 2.07. The minimum Gasteiger partial charge on any atom is -0.463 e. The van der Waals surface area contributed by atoms with Crippen LogP contribution in [0.4, 0.5) is 4.39 Å². The van der Waals surface area contributed by atoms with Gasteiger partial charge in [0.25, 0.3) is 0 Å². The average Bonchev–Trinajstić information content (AvgIpc) is 2.28. The van der Waals surface area contributed by atoms with E-state index in [9.17, 15) is 14.0 Å². The van der Waals surface area contributed by atoms with Crippen molar-refractivity contribution in [2.45, 2.75) is 0 Å². The topological polar surface area (TPSA) is 52.6 Å². The first-order chi connectivity index (χ1) is 7.54. The summed E-state index contributed by atoms with van der Waals surface area (Å²) in [5.41, 5.74) is 0.117. The molecule has 5 heteroatoms. The number of halogens is 1. The van der Waals surface area contributed by atoms with E-state index in [-0.39, 0.29) is 5.56 Å². The minimum absolute atomic E-state index is 0.117. The van der Waals surface area contributed by atoms with E-state index in [1.54, 1.807) is 0 Å². The Morgan fingerprint density at radius 1 is 1.25 bits per heavy atom. The van der Waals surface area contributed by atoms with Crippen LogP contribution in [-0.4, -0.2) is 19.0 Å². The number of hydrogen-bond donors (Lipinski definition) is 0. The maximum absolute atomic E-state index is 12.6. The van der Waals surface area contributed by atoms with Crippen molar-refractivity contribution >= 4 is 11.9 Å². The number of benzene rings is 1. The third-order valence-electron chi connectivity index (χ3n) is 1.71. The summed E-state index contributed by atoms with van der Waals surface area (Å²) in [5.74, 6) is -2.52. The molecule has 0 saturated carbocycles. The van der Waals surface area contributed by atoms with Gasteiger partial charge < -0.3 is 9.47 Å². The quantitative estimate of drug-likeness (QED) is 0.445. The smallest absolute Gasteiger partial charge is 0.373 e. The van der Waals surface area contributed by atoms with Crippen molar-refractivity contribution in [2.24, 2.45) is 0 Å². The van der Waals surface area contributed by atoms with Gasteiger partial charge in [-0.15, -0.1) is 0 Å². The zero-order valence-corrected chi connectivity index (χ0v) is 8.53. The van der Waals surface area contributed by atoms with Crippen molar-refractivity contribution in [3.05, 3.63) is 48.0 Å². The van der Waals surface area contributed by atoms with Gasteiger partial charge in [-0.25, -0.2) is 14.0 Å². The van der Waals surface area contributed by atoms with E-state index < -0.39 is 23.5 Å². The number of hydrogen-bond acceptors (Lipinski definition) is 4. The van der Waals surface area contributed by atoms with Crippen molar-refractivity contribution < 1.29 is 23.5 Å². The van der Waals surface area contributed by atoms with Gasteiger partial charge >= 0.3 is 11.9 Å². The van der Waals surface area contributed by atoms with Gasteiger partial charge in [0.1, 0.15) is 5.82 Å². The molecule has 0 radical (unpaired) electrons. The molecule has 0 spiro atoms. The van der Waals surface area contributed by atoms with Crippen LogP contribution in [0.3, 0.4) is 0 Å². The van der Waals surface area contributed by atoms with E-state index in [0.29, 0.717) is 0 Å². The number of esters is 2. The van der Waals surface area contributed by atoms with Gasteiger partial charge in [0, 0.05) is 0 Å². The van der Waals surface area contributed by atoms with Crippen molar-refractivity contribution in [1.29, 1.82) is 0 Å². The molecule has 1 rings (SSSR count). The lowest BCUT2D eigenvalue weighted by atomic mass is 10.2. The Morgan fingerprint density at radius 3 is 2.31 bits per heavy atom. The summed E-state index contributed by atoms with van der Waals surface area (Å²) in [6, 6.07) is 4.69. The highest BCUT2D eigenvalue weighted by molar-refractivity contribution is 5.95. The normalized spacial score (nSPS) is 9.38. The fourth-order valence-electron chi connectivity index (χ4n) is 0.912. The summed E-state index contributed by atoms with van der Waals surface area (Å²) < 4.78 is 21.4. The standard InChI is InChI=1S/C11H9FO4/c1-7(10(13)15-2)16-11(14)8-3-5-9(12)6-4-8/h3-6H,1H2,2H3. The number of methoxy groups -OCH3 is 1. The summed E-state index contributed by atoms with van der Waals surface area (Å²) in [6.45, 7) is 3.22. The van der Waals surface area contributed by atoms with Crippen LogP contribution in [0.1, 0.15) is 10.4 Å². The third-order valence-corrected chi connectivity index (χ3v) is 1.71. The Kier molecular flexibility index (Phi) is 3.77. The molecule has 1 aromatic carbocycles. The highest BCUT2D eigenvalue weighted by atomic mass is 19.1. The Labute approximate surface area is 91.3 Å². The van der Waals surface area contributed by atoms with Crippen LogP contribution in [0.15, 0.2) is 36.6 Å². The van der Waals surface area contributed by atoms with E-state index in [0.717, 1.165) is 19.2 Å². The lowest BCUT2D eigenvalue weighted by Crippen LogP contribution is -2.12. The van der Waals surface area contributed by atoms with Crippen LogP contribution in [0.25, 0.3) is 0 Å². The van der Waals surface area contributed by atoms with Crippen molar-refractivity contribution in [1.82, 2.24) is 0 Å². The molecule has 84 valence electrons. The average molecular weight is 224 g/mol. The van der Waals surface area contributed by atoms with Crippen LogP contribution in [0.2, 0.25) is 0 Å². The SMILES string of the molecule is C=C(OC(=O)c1ccc(F)cc1)C(=O)OC. The first kappa shape index (κ1) is 11.9. The predicted octanol–water partition coefficient (Wildman–Crippen LogP) is 1.67. The molecule has 0 aliphatic heterocycles. The Bertz CT molecular complexity index is 422. The first-order valence-electron chi connectivity index (χ1n) is 4.29. The zero-order chi connectivity index (χ0) is 12.1. The first-order valence-corrected chi connectivity index (χ1v) is 4.29. The number of carbonyl (C=O) groups is 2. The van der Waals surface area contributed by atoms with Gasteiger partial charge in [-0.3, -0.25) is 0 Å². The molecule has 0 aromatic heterocycles. The second kappa shape index (κ2) is 5.06. The summed E-state index contributed by atoms with van der Waals surface area (Å²) in [7, 11) is 1.14. The molecular formula is C11H9FO4. The van der Waals surface area contributed by atoms with E-state index in [1.807, 2.05) is 0 Å². The lowest BCUT2D eigenvalue weighted by molar-refractivity contribution is -0.139. The van der Waals surface area contributed by atoms with E-state index in [4.69, 9.17) is 0 Å². The molecule has 4 nitrogen and oxygen atoms in total. The maximum atomic E-state index is 12.6. The molecule has 0 saturated heterocycles. The Morgan fingerprint density at radius 2 is 1.81 bits per heavy atom. The Hall–Kier alpha value is -2.17. The van der Waals surface area contributed by atoms with Gasteiger partial charge in [-0.05, 0) is 30.8 Å². The molecule has 0 N–H and O–H groups in total. The fourth-order valence-corrected chi connectivity index (χ4v) is 0.912. The molecule has 0 aliphatic rings. The monoisotopic (exact) mass is 224 g/mol. The van der Waals surface area contributed by atoms with Crippen LogP contribution < -0.4 is 0 Å². The largest absolute Gasteiger partial charge is 0.463 e. The predicted molar refractivity (Wildman–Crippen MR) is 53.0 cm³/mol. The minimum atomic E-state index is -0.838. The molecular weight excluding hydrogens is 215 g/mol. The second-order valence-corrected chi connectivity index (χ2v) is 2.81. The second-order valence-electron chi connectivity index (χ2n) is 2.81. The fraction of sp³-hybridized carbons (Fsp3) is 0.0909. The zero-order valence-electron chi connectivity index (χ0n) is 8.53. The number of rotatable bonds is 3. The summed E-state index contributed by atoms with van der Waals surface area (Å²) >= 11 is 0. The summed E-state index contributed by atoms with van der Waals surface area (Å²) in [4.78, 5) is 22.2. The van der Waals surface area contributed by atoms with Gasteiger partial charge in [0.05, 0.1) is 12.7 Å². The van der Waals surface area contributed by atoms with Gasteiger partial charge in [0.15, 0.2) is 0 Å². The van der Waals surface area contributed by atoms with Gasteiger partial charge in [0.2, 0.25) is 5.76 Å². The molecule has 1 aromatic rings.